The summed E-state index contributed by atoms with van der Waals surface area (Å²) in [7, 11) is -7.72. The Morgan fingerprint density at radius 3 is 2.06 bits per heavy atom. The van der Waals surface area contributed by atoms with Crippen molar-refractivity contribution in [3.8, 4) is 0 Å². The fourth-order valence-corrected chi connectivity index (χ4v) is 9.24. The van der Waals surface area contributed by atoms with Gasteiger partial charge in [0.25, 0.3) is 10.0 Å². The van der Waals surface area contributed by atoms with Crippen molar-refractivity contribution in [3.63, 3.8) is 0 Å². The highest BCUT2D eigenvalue weighted by atomic mass is 32.2. The molecule has 1 aromatic rings. The van der Waals surface area contributed by atoms with Crippen LogP contribution in [0, 0.1) is 6.92 Å². The van der Waals surface area contributed by atoms with Crippen LogP contribution in [0.3, 0.4) is 0 Å². The molecule has 0 amide bonds. The molecule has 1 aromatic carbocycles. The van der Waals surface area contributed by atoms with Crippen LogP contribution in [0.5, 0.6) is 0 Å². The third-order valence-corrected chi connectivity index (χ3v) is 14.8. The first-order valence-corrected chi connectivity index (χ1v) is 20.4. The van der Waals surface area contributed by atoms with Gasteiger partial charge in [0.05, 0.1) is 28.8 Å². The van der Waals surface area contributed by atoms with Gasteiger partial charge in [-0.25, -0.2) is 8.42 Å². The van der Waals surface area contributed by atoms with Gasteiger partial charge in [-0.1, -0.05) is 57.4 Å². The fraction of sp³-hybridized carbons (Fsp3) is 0.692. The third kappa shape index (κ3) is 5.89. The van der Waals surface area contributed by atoms with E-state index in [1.165, 1.54) is 0 Å². The normalized spacial score (nSPS) is 22.1. The second kappa shape index (κ2) is 9.50. The largest absolute Gasteiger partial charge is 0.412 e. The van der Waals surface area contributed by atoms with Gasteiger partial charge in [0.2, 0.25) is 0 Å². The Morgan fingerprint density at radius 2 is 1.56 bits per heavy atom. The lowest BCUT2D eigenvalue weighted by Gasteiger charge is -2.47. The summed E-state index contributed by atoms with van der Waals surface area (Å²) in [6, 6.07) is 7.18. The number of hydrogen-bond donors (Lipinski definition) is 0. The van der Waals surface area contributed by atoms with E-state index in [-0.39, 0.29) is 11.1 Å². The van der Waals surface area contributed by atoms with Crippen LogP contribution in [0.25, 0.3) is 0 Å². The van der Waals surface area contributed by atoms with E-state index in [2.05, 4.69) is 59.6 Å². The molecule has 34 heavy (non-hydrogen) atoms. The summed E-state index contributed by atoms with van der Waals surface area (Å²) in [6.07, 6.45) is 6.55. The second-order valence-electron chi connectivity index (χ2n) is 12.6. The Kier molecular flexibility index (Phi) is 7.73. The van der Waals surface area contributed by atoms with Gasteiger partial charge in [-0.05, 0) is 76.1 Å². The van der Waals surface area contributed by atoms with Crippen LogP contribution in [-0.2, 0) is 18.9 Å². The fourth-order valence-electron chi connectivity index (χ4n) is 4.80. The molecule has 2 aliphatic rings. The molecule has 1 aliphatic carbocycles. The first-order valence-electron chi connectivity index (χ1n) is 12.6. The molecule has 3 rings (SSSR count). The van der Waals surface area contributed by atoms with E-state index in [0.29, 0.717) is 11.4 Å². The highest BCUT2D eigenvalue weighted by Crippen LogP contribution is 2.46. The minimum atomic E-state index is -3.75. The molecule has 0 bridgehead atoms. The molecule has 0 radical (unpaired) electrons. The van der Waals surface area contributed by atoms with Gasteiger partial charge in [0.1, 0.15) is 0 Å². The highest BCUT2D eigenvalue weighted by molar-refractivity contribution is 7.89. The molecule has 192 valence electrons. The van der Waals surface area contributed by atoms with Gasteiger partial charge >= 0.3 is 0 Å². The topological polar surface area (TPSA) is 55.8 Å². The summed E-state index contributed by atoms with van der Waals surface area (Å²) >= 11 is 0. The van der Waals surface area contributed by atoms with Crippen molar-refractivity contribution in [1.29, 1.82) is 0 Å². The number of aryl methyl sites for hydroxylation is 1. The summed E-state index contributed by atoms with van der Waals surface area (Å²) in [5.74, 6) is 0. The van der Waals surface area contributed by atoms with Crippen molar-refractivity contribution in [2.75, 3.05) is 6.54 Å². The van der Waals surface area contributed by atoms with E-state index in [1.54, 1.807) is 16.4 Å². The molecule has 1 unspecified atom stereocenters. The van der Waals surface area contributed by atoms with Gasteiger partial charge in [-0.2, -0.15) is 0 Å². The Bertz CT molecular complexity index is 999. The lowest BCUT2D eigenvalue weighted by molar-refractivity contribution is 0.0680. The van der Waals surface area contributed by atoms with Gasteiger partial charge in [-0.3, -0.25) is 4.31 Å². The molecule has 1 aliphatic heterocycles. The summed E-state index contributed by atoms with van der Waals surface area (Å²) < 4.78 is 43.4. The van der Waals surface area contributed by atoms with E-state index >= 15 is 0 Å². The van der Waals surface area contributed by atoms with Gasteiger partial charge < -0.3 is 8.85 Å². The molecule has 1 fully saturated rings. The zero-order valence-electron chi connectivity index (χ0n) is 22.7. The Labute approximate surface area is 210 Å². The standard InChI is InChI=1S/C26H45NO4SSi2/c1-21-12-15-23(16-13-21)32(28,29)27-20-22(30-34(8,9)25(2,3)4)14-17-24(27)26(18-10-11-19-26)31-33(5,6)7/h12-13,15-17,22H,10-11,14,18-20H2,1-9H3. The summed E-state index contributed by atoms with van der Waals surface area (Å²) in [6.45, 7) is 20.0. The number of benzene rings is 1. The number of rotatable bonds is 7. The van der Waals surface area contributed by atoms with E-state index in [0.717, 1.165) is 43.4 Å². The van der Waals surface area contributed by atoms with Crippen molar-refractivity contribution in [2.45, 2.75) is 114 Å². The van der Waals surface area contributed by atoms with Crippen LogP contribution in [-0.4, -0.2) is 47.6 Å². The Hall–Kier alpha value is -0.936. The Balaban J connectivity index is 2.07. The van der Waals surface area contributed by atoms with Crippen molar-refractivity contribution < 1.29 is 17.3 Å². The smallest absolute Gasteiger partial charge is 0.264 e. The molecule has 8 heteroatoms. The summed E-state index contributed by atoms with van der Waals surface area (Å²) in [5.41, 5.74) is 1.36. The van der Waals surface area contributed by atoms with Crippen molar-refractivity contribution in [3.05, 3.63) is 41.6 Å². The average Bonchev–Trinajstić information content (AvgIpc) is 3.14. The minimum Gasteiger partial charge on any atom is -0.412 e. The maximum Gasteiger partial charge on any atom is 0.264 e. The van der Waals surface area contributed by atoms with Crippen LogP contribution < -0.4 is 0 Å². The van der Waals surface area contributed by atoms with Crippen molar-refractivity contribution in [2.24, 2.45) is 0 Å². The number of nitrogens with zero attached hydrogens (tertiary/aromatic N) is 1. The second-order valence-corrected chi connectivity index (χ2v) is 23.6. The van der Waals surface area contributed by atoms with Crippen LogP contribution in [0.2, 0.25) is 37.8 Å². The van der Waals surface area contributed by atoms with E-state index < -0.39 is 32.3 Å². The molecule has 1 heterocycles. The first-order chi connectivity index (χ1) is 15.5. The number of sulfonamides is 1. The SMILES string of the molecule is Cc1ccc(S(=O)(=O)N2CC(O[Si](C)(C)C(C)(C)C)CC=C2C2(O[Si](C)(C)C)CCCC2)cc1. The lowest BCUT2D eigenvalue weighted by atomic mass is 9.94. The Morgan fingerprint density at radius 1 is 1.00 bits per heavy atom. The zero-order valence-corrected chi connectivity index (χ0v) is 25.5. The third-order valence-electron chi connectivity index (χ3n) is 7.47. The van der Waals surface area contributed by atoms with Crippen molar-refractivity contribution in [1.82, 2.24) is 4.31 Å². The van der Waals surface area contributed by atoms with Crippen LogP contribution in [0.4, 0.5) is 0 Å². The predicted molar refractivity (Wildman–Crippen MR) is 145 cm³/mol. The molecule has 0 spiro atoms. The summed E-state index contributed by atoms with van der Waals surface area (Å²) in [4.78, 5) is 0.332. The highest BCUT2D eigenvalue weighted by Gasteiger charge is 2.49. The van der Waals surface area contributed by atoms with Crippen LogP contribution >= 0.6 is 0 Å². The summed E-state index contributed by atoms with van der Waals surface area (Å²) in [5, 5.41) is 0.0608. The van der Waals surface area contributed by atoms with Gasteiger partial charge in [0.15, 0.2) is 16.6 Å². The van der Waals surface area contributed by atoms with E-state index in [1.807, 2.05) is 19.1 Å². The minimum absolute atomic E-state index is 0.0608. The molecule has 0 saturated heterocycles. The van der Waals surface area contributed by atoms with Gasteiger partial charge in [0, 0.05) is 0 Å². The maximum atomic E-state index is 14.1. The zero-order chi connectivity index (χ0) is 25.6. The van der Waals surface area contributed by atoms with Gasteiger partial charge in [-0.15, -0.1) is 0 Å². The molecule has 0 aromatic heterocycles. The lowest BCUT2D eigenvalue weighted by Crippen LogP contribution is -2.54. The molecule has 0 N–H and O–H groups in total. The molecule has 5 nitrogen and oxygen atoms in total. The van der Waals surface area contributed by atoms with Crippen LogP contribution in [0.1, 0.15) is 58.4 Å². The predicted octanol–water partition coefficient (Wildman–Crippen LogP) is 6.83. The molecule has 1 atom stereocenters. The monoisotopic (exact) mass is 523 g/mol. The molecular formula is C26H45NO4SSi2. The quantitative estimate of drug-likeness (QED) is 0.368. The van der Waals surface area contributed by atoms with Crippen molar-refractivity contribution >= 4 is 26.7 Å². The molecular weight excluding hydrogens is 479 g/mol. The average molecular weight is 524 g/mol. The maximum absolute atomic E-state index is 14.1. The first kappa shape index (κ1) is 27.6. The van der Waals surface area contributed by atoms with E-state index in [9.17, 15) is 8.42 Å². The molecule has 1 saturated carbocycles. The van der Waals surface area contributed by atoms with Crippen LogP contribution in [0.15, 0.2) is 40.9 Å². The number of hydrogen-bond acceptors (Lipinski definition) is 4. The van der Waals surface area contributed by atoms with E-state index in [4.69, 9.17) is 8.85 Å².